The Labute approximate surface area is 184 Å². The van der Waals surface area contributed by atoms with Crippen molar-refractivity contribution in [2.75, 3.05) is 26.7 Å². The van der Waals surface area contributed by atoms with E-state index in [0.717, 1.165) is 49.8 Å². The average molecular weight is 498 g/mol. The van der Waals surface area contributed by atoms with E-state index in [1.165, 1.54) is 0 Å². The van der Waals surface area contributed by atoms with Gasteiger partial charge in [0.05, 0.1) is 6.26 Å². The maximum atomic E-state index is 11.7. The number of amides is 1. The highest BCUT2D eigenvalue weighted by Gasteiger charge is 2.05. The van der Waals surface area contributed by atoms with Crippen LogP contribution in [0.1, 0.15) is 35.5 Å². The van der Waals surface area contributed by atoms with Crippen LogP contribution in [0.5, 0.6) is 0 Å². The summed E-state index contributed by atoms with van der Waals surface area (Å²) >= 11 is 0. The Morgan fingerprint density at radius 3 is 2.50 bits per heavy atom. The quantitative estimate of drug-likeness (QED) is 0.282. The van der Waals surface area contributed by atoms with E-state index >= 15 is 0 Å². The lowest BCUT2D eigenvalue weighted by Crippen LogP contribution is -2.39. The maximum Gasteiger partial charge on any atom is 0.251 e. The van der Waals surface area contributed by atoms with Gasteiger partial charge in [-0.05, 0) is 42.2 Å². The molecule has 2 aromatic rings. The first-order valence-electron chi connectivity index (χ1n) is 9.44. The number of hydrogen-bond acceptors (Lipinski definition) is 3. The summed E-state index contributed by atoms with van der Waals surface area (Å²) in [5, 5.41) is 9.38. The van der Waals surface area contributed by atoms with Crippen LogP contribution in [0.15, 0.2) is 52.1 Å². The van der Waals surface area contributed by atoms with Crippen molar-refractivity contribution in [3.63, 3.8) is 0 Å². The molecule has 2 rings (SSSR count). The summed E-state index contributed by atoms with van der Waals surface area (Å²) in [6, 6.07) is 11.6. The van der Waals surface area contributed by atoms with Gasteiger partial charge in [-0.25, -0.2) is 0 Å². The van der Waals surface area contributed by atoms with Crippen LogP contribution in [0.2, 0.25) is 0 Å². The van der Waals surface area contributed by atoms with Gasteiger partial charge in [0.2, 0.25) is 0 Å². The number of nitrogens with one attached hydrogen (secondary N) is 3. The average Bonchev–Trinajstić information content (AvgIpc) is 3.18. The third-order valence-electron chi connectivity index (χ3n) is 3.98. The molecule has 3 N–H and O–H groups in total. The molecule has 1 amide bonds. The van der Waals surface area contributed by atoms with Crippen molar-refractivity contribution >= 4 is 35.8 Å². The number of nitrogens with zero attached hydrogens (tertiary/aromatic N) is 1. The largest absolute Gasteiger partial charge is 0.469 e. The summed E-state index contributed by atoms with van der Waals surface area (Å²) < 4.78 is 5.36. The first kappa shape index (κ1) is 24.0. The number of rotatable bonds is 9. The maximum absolute atomic E-state index is 11.7. The standard InChI is InChI=1S/C21H30N4O2.HI/c1-16(2)15-25-21(24-12-10-19-8-5-13-27-19)23-11-9-17-6-4-7-18(14-17)20(26)22-3;/h4-8,13-14,16H,9-12,15H2,1-3H3,(H,22,26)(H2,23,24,25);1H. The molecule has 7 heteroatoms. The minimum Gasteiger partial charge on any atom is -0.469 e. The third kappa shape index (κ3) is 8.77. The molecule has 28 heavy (non-hydrogen) atoms. The Hall–Kier alpha value is -2.03. The molecule has 0 aliphatic rings. The Bertz CT molecular complexity index is 730. The van der Waals surface area contributed by atoms with Crippen molar-refractivity contribution in [1.29, 1.82) is 0 Å². The summed E-state index contributed by atoms with van der Waals surface area (Å²) in [5.74, 6) is 2.19. The van der Waals surface area contributed by atoms with Crippen LogP contribution >= 0.6 is 24.0 Å². The van der Waals surface area contributed by atoms with E-state index in [-0.39, 0.29) is 29.9 Å². The van der Waals surface area contributed by atoms with Gasteiger partial charge in [0.1, 0.15) is 5.76 Å². The van der Waals surface area contributed by atoms with Crippen LogP contribution in [-0.4, -0.2) is 38.5 Å². The van der Waals surface area contributed by atoms with Gasteiger partial charge in [0.15, 0.2) is 5.96 Å². The van der Waals surface area contributed by atoms with Crippen molar-refractivity contribution in [3.05, 3.63) is 59.5 Å². The molecular formula is C21H31IN4O2. The van der Waals surface area contributed by atoms with E-state index in [2.05, 4.69) is 34.8 Å². The van der Waals surface area contributed by atoms with Crippen molar-refractivity contribution in [1.82, 2.24) is 16.0 Å². The summed E-state index contributed by atoms with van der Waals surface area (Å²) in [6.07, 6.45) is 3.31. The molecule has 154 valence electrons. The third-order valence-corrected chi connectivity index (χ3v) is 3.98. The normalized spacial score (nSPS) is 11.1. The Morgan fingerprint density at radius 1 is 1.11 bits per heavy atom. The van der Waals surface area contributed by atoms with Gasteiger partial charge in [-0.2, -0.15) is 0 Å². The van der Waals surface area contributed by atoms with Gasteiger partial charge in [-0.3, -0.25) is 9.79 Å². The molecule has 0 radical (unpaired) electrons. The van der Waals surface area contributed by atoms with Gasteiger partial charge >= 0.3 is 0 Å². The number of carbonyl (C=O) groups excluding carboxylic acids is 1. The lowest BCUT2D eigenvalue weighted by atomic mass is 10.1. The predicted octanol–water partition coefficient (Wildman–Crippen LogP) is 3.23. The SMILES string of the molecule is CNC(=O)c1cccc(CCNC(=NCC(C)C)NCCc2ccco2)c1.I. The molecule has 0 fully saturated rings. The summed E-state index contributed by atoms with van der Waals surface area (Å²) in [7, 11) is 1.64. The summed E-state index contributed by atoms with van der Waals surface area (Å²) in [6.45, 7) is 6.55. The minimum atomic E-state index is -0.0661. The number of halogens is 1. The fourth-order valence-electron chi connectivity index (χ4n) is 2.54. The van der Waals surface area contributed by atoms with Gasteiger partial charge in [0.25, 0.3) is 5.91 Å². The molecule has 0 aliphatic heterocycles. The molecule has 0 spiro atoms. The van der Waals surface area contributed by atoms with Crippen molar-refractivity contribution < 1.29 is 9.21 Å². The van der Waals surface area contributed by atoms with E-state index in [9.17, 15) is 4.79 Å². The zero-order chi connectivity index (χ0) is 19.5. The zero-order valence-corrected chi connectivity index (χ0v) is 19.2. The summed E-state index contributed by atoms with van der Waals surface area (Å²) in [5.41, 5.74) is 1.79. The van der Waals surface area contributed by atoms with Crippen molar-refractivity contribution in [2.24, 2.45) is 10.9 Å². The monoisotopic (exact) mass is 498 g/mol. The highest BCUT2D eigenvalue weighted by atomic mass is 127. The van der Waals surface area contributed by atoms with Crippen LogP contribution in [0.4, 0.5) is 0 Å². The zero-order valence-electron chi connectivity index (χ0n) is 16.8. The number of furan rings is 1. The molecule has 0 aliphatic carbocycles. The number of guanidine groups is 1. The second-order valence-electron chi connectivity index (χ2n) is 6.80. The van der Waals surface area contributed by atoms with Crippen LogP contribution < -0.4 is 16.0 Å². The Kier molecular flexibility index (Phi) is 11.3. The first-order valence-corrected chi connectivity index (χ1v) is 9.44. The van der Waals surface area contributed by atoms with E-state index in [4.69, 9.17) is 4.42 Å². The van der Waals surface area contributed by atoms with Gasteiger partial charge in [-0.1, -0.05) is 26.0 Å². The molecule has 1 aromatic heterocycles. The molecular weight excluding hydrogens is 467 g/mol. The molecule has 0 unspecified atom stereocenters. The topological polar surface area (TPSA) is 78.7 Å². The molecule has 0 saturated carbocycles. The Balaban J connectivity index is 0.00000392. The molecule has 0 atom stereocenters. The smallest absolute Gasteiger partial charge is 0.251 e. The second-order valence-corrected chi connectivity index (χ2v) is 6.80. The number of aliphatic imine (C=N–C) groups is 1. The van der Waals surface area contributed by atoms with E-state index < -0.39 is 0 Å². The van der Waals surface area contributed by atoms with Crippen LogP contribution in [0, 0.1) is 5.92 Å². The summed E-state index contributed by atoms with van der Waals surface area (Å²) in [4.78, 5) is 16.4. The fraction of sp³-hybridized carbons (Fsp3) is 0.429. The molecule has 0 saturated heterocycles. The predicted molar refractivity (Wildman–Crippen MR) is 125 cm³/mol. The highest BCUT2D eigenvalue weighted by molar-refractivity contribution is 14.0. The van der Waals surface area contributed by atoms with Crippen LogP contribution in [-0.2, 0) is 12.8 Å². The molecule has 0 bridgehead atoms. The van der Waals surface area contributed by atoms with Gasteiger partial charge in [-0.15, -0.1) is 24.0 Å². The molecule has 6 nitrogen and oxygen atoms in total. The molecule has 1 aromatic carbocycles. The van der Waals surface area contributed by atoms with Crippen LogP contribution in [0.3, 0.4) is 0 Å². The second kappa shape index (κ2) is 13.2. The lowest BCUT2D eigenvalue weighted by molar-refractivity contribution is 0.0963. The number of carbonyl (C=O) groups is 1. The fourth-order valence-corrected chi connectivity index (χ4v) is 2.54. The van der Waals surface area contributed by atoms with Crippen LogP contribution in [0.25, 0.3) is 0 Å². The number of hydrogen-bond donors (Lipinski definition) is 3. The highest BCUT2D eigenvalue weighted by Crippen LogP contribution is 2.06. The number of benzene rings is 1. The minimum absolute atomic E-state index is 0. The van der Waals surface area contributed by atoms with E-state index in [0.29, 0.717) is 11.5 Å². The first-order chi connectivity index (χ1) is 13.1. The van der Waals surface area contributed by atoms with E-state index in [1.807, 2.05) is 36.4 Å². The van der Waals surface area contributed by atoms with E-state index in [1.54, 1.807) is 13.3 Å². The Morgan fingerprint density at radius 2 is 1.86 bits per heavy atom. The van der Waals surface area contributed by atoms with Gasteiger partial charge in [0, 0.05) is 38.7 Å². The lowest BCUT2D eigenvalue weighted by Gasteiger charge is -2.13. The van der Waals surface area contributed by atoms with Crippen molar-refractivity contribution in [2.45, 2.75) is 26.7 Å². The molecule has 1 heterocycles. The van der Waals surface area contributed by atoms with Gasteiger partial charge < -0.3 is 20.4 Å². The van der Waals surface area contributed by atoms with Crippen molar-refractivity contribution in [3.8, 4) is 0 Å².